The average molecular weight is 326 g/mol. The van der Waals surface area contributed by atoms with Crippen molar-refractivity contribution in [1.82, 2.24) is 10.6 Å². The molecule has 0 radical (unpaired) electrons. The molecule has 2 N–H and O–H groups in total. The maximum absolute atomic E-state index is 8.82. The van der Waals surface area contributed by atoms with E-state index in [-0.39, 0.29) is 5.41 Å². The molecule has 1 aromatic heterocycles. The third-order valence-corrected chi connectivity index (χ3v) is 4.89. The van der Waals surface area contributed by atoms with Crippen LogP contribution in [0.2, 0.25) is 0 Å². The summed E-state index contributed by atoms with van der Waals surface area (Å²) < 4.78 is 0. The van der Waals surface area contributed by atoms with Gasteiger partial charge in [-0.05, 0) is 29.1 Å². The molecule has 0 bridgehead atoms. The number of nitrogens with one attached hydrogen (secondary N) is 2. The van der Waals surface area contributed by atoms with Gasteiger partial charge in [0.1, 0.15) is 0 Å². The van der Waals surface area contributed by atoms with E-state index in [9.17, 15) is 0 Å². The fourth-order valence-corrected chi connectivity index (χ4v) is 3.01. The zero-order chi connectivity index (χ0) is 16.7. The van der Waals surface area contributed by atoms with Crippen LogP contribution in [0, 0.1) is 11.3 Å². The molecule has 0 saturated carbocycles. The standard InChI is InChI=1S/C18H22N4S/c1-18(2,16-5-4-10-23-16)13-22-17(20-3)21-12-15-8-6-14(11-19)7-9-15/h4-10H,12-13H2,1-3H3,(H2,20,21,22). The number of hydrogen-bond acceptors (Lipinski definition) is 3. The molecule has 0 aliphatic heterocycles. The van der Waals surface area contributed by atoms with Gasteiger partial charge in [-0.1, -0.05) is 32.0 Å². The Morgan fingerprint density at radius 2 is 1.96 bits per heavy atom. The molecule has 0 aliphatic rings. The molecule has 23 heavy (non-hydrogen) atoms. The Bertz CT molecular complexity index is 679. The molecule has 4 nitrogen and oxygen atoms in total. The van der Waals surface area contributed by atoms with E-state index in [0.717, 1.165) is 18.1 Å². The Morgan fingerprint density at radius 3 is 2.52 bits per heavy atom. The lowest BCUT2D eigenvalue weighted by molar-refractivity contribution is 0.518. The Labute approximate surface area is 141 Å². The van der Waals surface area contributed by atoms with Crippen LogP contribution in [0.3, 0.4) is 0 Å². The van der Waals surface area contributed by atoms with E-state index in [1.165, 1.54) is 4.88 Å². The summed E-state index contributed by atoms with van der Waals surface area (Å²) in [4.78, 5) is 5.62. The third kappa shape index (κ3) is 4.83. The second kappa shape index (κ2) is 7.80. The second-order valence-electron chi connectivity index (χ2n) is 5.95. The van der Waals surface area contributed by atoms with Gasteiger partial charge in [-0.15, -0.1) is 11.3 Å². The van der Waals surface area contributed by atoms with Gasteiger partial charge in [-0.2, -0.15) is 5.26 Å². The van der Waals surface area contributed by atoms with Crippen molar-refractivity contribution < 1.29 is 0 Å². The van der Waals surface area contributed by atoms with Crippen molar-refractivity contribution in [1.29, 1.82) is 5.26 Å². The van der Waals surface area contributed by atoms with Crippen LogP contribution in [0.5, 0.6) is 0 Å². The first kappa shape index (κ1) is 17.0. The van der Waals surface area contributed by atoms with Crippen LogP contribution in [-0.4, -0.2) is 19.6 Å². The zero-order valence-electron chi connectivity index (χ0n) is 13.8. The summed E-state index contributed by atoms with van der Waals surface area (Å²) in [6.07, 6.45) is 0. The monoisotopic (exact) mass is 326 g/mol. The van der Waals surface area contributed by atoms with Gasteiger partial charge in [0, 0.05) is 30.4 Å². The van der Waals surface area contributed by atoms with Crippen LogP contribution in [-0.2, 0) is 12.0 Å². The molecule has 0 aliphatic carbocycles. The SMILES string of the molecule is CN=C(NCc1ccc(C#N)cc1)NCC(C)(C)c1cccs1. The summed E-state index contributed by atoms with van der Waals surface area (Å²) in [5.74, 6) is 0.777. The zero-order valence-corrected chi connectivity index (χ0v) is 14.6. The van der Waals surface area contributed by atoms with Crippen LogP contribution < -0.4 is 10.6 Å². The third-order valence-electron chi connectivity index (χ3n) is 3.65. The fourth-order valence-electron chi connectivity index (χ4n) is 2.16. The lowest BCUT2D eigenvalue weighted by atomic mass is 9.91. The molecule has 0 spiro atoms. The van der Waals surface area contributed by atoms with E-state index in [1.54, 1.807) is 18.4 Å². The highest BCUT2D eigenvalue weighted by Gasteiger charge is 2.21. The van der Waals surface area contributed by atoms with Crippen molar-refractivity contribution in [3.63, 3.8) is 0 Å². The summed E-state index contributed by atoms with van der Waals surface area (Å²) in [5, 5.41) is 17.6. The molecule has 5 heteroatoms. The van der Waals surface area contributed by atoms with Gasteiger partial charge in [-0.3, -0.25) is 4.99 Å². The normalized spacial score (nSPS) is 11.8. The van der Waals surface area contributed by atoms with E-state index >= 15 is 0 Å². The highest BCUT2D eigenvalue weighted by atomic mass is 32.1. The molecule has 2 rings (SSSR count). The molecule has 0 amide bonds. The molecular weight excluding hydrogens is 304 g/mol. The molecule has 1 aromatic carbocycles. The van der Waals surface area contributed by atoms with E-state index in [2.05, 4.69) is 53.1 Å². The first-order valence-electron chi connectivity index (χ1n) is 7.53. The quantitative estimate of drug-likeness (QED) is 0.655. The first-order valence-corrected chi connectivity index (χ1v) is 8.40. The number of rotatable bonds is 5. The number of nitriles is 1. The predicted molar refractivity (Wildman–Crippen MR) is 96.7 cm³/mol. The van der Waals surface area contributed by atoms with Gasteiger partial charge >= 0.3 is 0 Å². The fraction of sp³-hybridized carbons (Fsp3) is 0.333. The number of hydrogen-bond donors (Lipinski definition) is 2. The molecule has 0 saturated heterocycles. The number of aliphatic imine (C=N–C) groups is 1. The minimum Gasteiger partial charge on any atom is -0.356 e. The van der Waals surface area contributed by atoms with Crippen LogP contribution in [0.25, 0.3) is 0 Å². The Balaban J connectivity index is 1.87. The van der Waals surface area contributed by atoms with Crippen molar-refractivity contribution in [2.75, 3.05) is 13.6 Å². The number of guanidine groups is 1. The van der Waals surface area contributed by atoms with Gasteiger partial charge < -0.3 is 10.6 Å². The topological polar surface area (TPSA) is 60.2 Å². The Morgan fingerprint density at radius 1 is 1.22 bits per heavy atom. The van der Waals surface area contributed by atoms with Crippen molar-refractivity contribution in [3.05, 3.63) is 57.8 Å². The molecule has 1 heterocycles. The molecule has 0 atom stereocenters. The molecule has 2 aromatic rings. The van der Waals surface area contributed by atoms with E-state index in [4.69, 9.17) is 5.26 Å². The van der Waals surface area contributed by atoms with E-state index in [0.29, 0.717) is 12.1 Å². The summed E-state index contributed by atoms with van der Waals surface area (Å²) in [7, 11) is 1.77. The minimum atomic E-state index is 0.0558. The molecular formula is C18H22N4S. The summed E-state index contributed by atoms with van der Waals surface area (Å²) in [6.45, 7) is 5.92. The lowest BCUT2D eigenvalue weighted by Gasteiger charge is -2.25. The number of thiophene rings is 1. The highest BCUT2D eigenvalue weighted by molar-refractivity contribution is 7.10. The van der Waals surface area contributed by atoms with Gasteiger partial charge in [0.2, 0.25) is 0 Å². The van der Waals surface area contributed by atoms with Crippen LogP contribution in [0.15, 0.2) is 46.8 Å². The predicted octanol–water partition coefficient (Wildman–Crippen LogP) is 3.26. The lowest BCUT2D eigenvalue weighted by Crippen LogP contribution is -2.42. The smallest absolute Gasteiger partial charge is 0.191 e. The van der Waals surface area contributed by atoms with Crippen LogP contribution in [0.1, 0.15) is 29.9 Å². The summed E-state index contributed by atoms with van der Waals surface area (Å²) in [5.41, 5.74) is 1.85. The maximum atomic E-state index is 8.82. The largest absolute Gasteiger partial charge is 0.356 e. The van der Waals surface area contributed by atoms with Gasteiger partial charge in [0.25, 0.3) is 0 Å². The molecule has 0 unspecified atom stereocenters. The van der Waals surface area contributed by atoms with Crippen molar-refractivity contribution in [2.24, 2.45) is 4.99 Å². The number of benzene rings is 1. The highest BCUT2D eigenvalue weighted by Crippen LogP contribution is 2.26. The van der Waals surface area contributed by atoms with Crippen molar-refractivity contribution in [2.45, 2.75) is 25.8 Å². The Hall–Kier alpha value is -2.32. The van der Waals surface area contributed by atoms with E-state index < -0.39 is 0 Å². The summed E-state index contributed by atoms with van der Waals surface area (Å²) in [6, 6.07) is 13.9. The van der Waals surface area contributed by atoms with Crippen molar-refractivity contribution in [3.8, 4) is 6.07 Å². The number of nitrogens with zero attached hydrogens (tertiary/aromatic N) is 2. The average Bonchev–Trinajstić information content (AvgIpc) is 3.11. The minimum absolute atomic E-state index is 0.0558. The molecule has 0 fully saturated rings. The van der Waals surface area contributed by atoms with Crippen LogP contribution >= 0.6 is 11.3 Å². The van der Waals surface area contributed by atoms with Gasteiger partial charge in [0.05, 0.1) is 11.6 Å². The van der Waals surface area contributed by atoms with Gasteiger partial charge in [0.15, 0.2) is 5.96 Å². The van der Waals surface area contributed by atoms with Gasteiger partial charge in [-0.25, -0.2) is 0 Å². The van der Waals surface area contributed by atoms with Crippen molar-refractivity contribution >= 4 is 17.3 Å². The second-order valence-corrected chi connectivity index (χ2v) is 6.90. The Kier molecular flexibility index (Phi) is 5.78. The summed E-state index contributed by atoms with van der Waals surface area (Å²) >= 11 is 1.78. The molecule has 120 valence electrons. The maximum Gasteiger partial charge on any atom is 0.191 e. The first-order chi connectivity index (χ1) is 11.0. The van der Waals surface area contributed by atoms with Crippen LogP contribution in [0.4, 0.5) is 0 Å². The van der Waals surface area contributed by atoms with E-state index in [1.807, 2.05) is 24.3 Å².